The average molecular weight is 275 g/mol. The van der Waals surface area contributed by atoms with Crippen molar-refractivity contribution in [3.63, 3.8) is 0 Å². The number of likely N-dealkylation sites (N-methyl/N-ethyl adjacent to an activating group) is 1. The zero-order valence-electron chi connectivity index (χ0n) is 10.6. The van der Waals surface area contributed by atoms with Crippen molar-refractivity contribution in [3.05, 3.63) is 24.0 Å². The molecule has 1 aromatic carbocycles. The summed E-state index contributed by atoms with van der Waals surface area (Å²) in [5.74, 6) is -0.848. The summed E-state index contributed by atoms with van der Waals surface area (Å²) in [6.07, 6.45) is 0. The number of nitrogen functional groups attached to an aromatic ring is 1. The first-order valence-electron chi connectivity index (χ1n) is 5.45. The molecule has 0 aliphatic heterocycles. The molecule has 0 amide bonds. The third-order valence-corrected chi connectivity index (χ3v) is 3.94. The molecule has 0 aliphatic carbocycles. The number of halogens is 1. The van der Waals surface area contributed by atoms with Gasteiger partial charge in [-0.2, -0.15) is 0 Å². The van der Waals surface area contributed by atoms with Crippen LogP contribution in [0, 0.1) is 5.82 Å². The number of hydrogen-bond acceptors (Lipinski definition) is 4. The molecule has 0 aromatic heterocycles. The number of hydrogen-bond donors (Lipinski definition) is 2. The second kappa shape index (κ2) is 5.64. The molecule has 1 rings (SSSR count). The van der Waals surface area contributed by atoms with Crippen LogP contribution in [0.5, 0.6) is 0 Å². The molecule has 0 saturated carbocycles. The molecule has 1 atom stereocenters. The van der Waals surface area contributed by atoms with E-state index in [1.165, 1.54) is 12.1 Å². The van der Waals surface area contributed by atoms with Crippen LogP contribution in [0.3, 0.4) is 0 Å². The van der Waals surface area contributed by atoms with Gasteiger partial charge in [0.1, 0.15) is 10.7 Å². The van der Waals surface area contributed by atoms with E-state index in [1.807, 2.05) is 19.0 Å². The molecular weight excluding hydrogens is 257 g/mol. The van der Waals surface area contributed by atoms with E-state index in [0.717, 1.165) is 6.07 Å². The van der Waals surface area contributed by atoms with Gasteiger partial charge in [-0.3, -0.25) is 0 Å². The second-order valence-electron chi connectivity index (χ2n) is 4.44. The smallest absolute Gasteiger partial charge is 0.245 e. The van der Waals surface area contributed by atoms with Crippen LogP contribution in [0.4, 0.5) is 10.1 Å². The van der Waals surface area contributed by atoms with E-state index >= 15 is 0 Å². The van der Waals surface area contributed by atoms with Gasteiger partial charge in [0, 0.05) is 12.6 Å². The van der Waals surface area contributed by atoms with Gasteiger partial charge in [-0.15, -0.1) is 0 Å². The highest BCUT2D eigenvalue weighted by atomic mass is 32.2. The first-order valence-corrected chi connectivity index (χ1v) is 6.93. The number of nitrogens with zero attached hydrogens (tertiary/aromatic N) is 1. The lowest BCUT2D eigenvalue weighted by Crippen LogP contribution is -2.40. The molecule has 1 unspecified atom stereocenters. The maximum absolute atomic E-state index is 13.5. The fourth-order valence-electron chi connectivity index (χ4n) is 1.72. The number of sulfonamides is 1. The topological polar surface area (TPSA) is 75.4 Å². The van der Waals surface area contributed by atoms with E-state index in [4.69, 9.17) is 5.73 Å². The molecule has 1 aromatic rings. The largest absolute Gasteiger partial charge is 0.398 e. The van der Waals surface area contributed by atoms with Crippen LogP contribution in [0.1, 0.15) is 6.92 Å². The summed E-state index contributed by atoms with van der Waals surface area (Å²) in [5, 5.41) is 0. The van der Waals surface area contributed by atoms with Gasteiger partial charge in [-0.25, -0.2) is 17.5 Å². The third-order valence-electron chi connectivity index (χ3n) is 2.26. The Balaban J connectivity index is 3.00. The first-order chi connectivity index (χ1) is 8.24. The van der Waals surface area contributed by atoms with Crippen molar-refractivity contribution in [1.29, 1.82) is 0 Å². The van der Waals surface area contributed by atoms with Gasteiger partial charge in [0.15, 0.2) is 0 Å². The lowest BCUT2D eigenvalue weighted by atomic mass is 10.3. The molecule has 3 N–H and O–H groups in total. The van der Waals surface area contributed by atoms with Crippen molar-refractivity contribution >= 4 is 15.7 Å². The van der Waals surface area contributed by atoms with Gasteiger partial charge in [0.2, 0.25) is 10.0 Å². The van der Waals surface area contributed by atoms with E-state index in [2.05, 4.69) is 4.72 Å². The number of nitrogens with one attached hydrogen (secondary N) is 1. The SMILES string of the molecule is CC(CN(C)C)NS(=O)(=O)c1c(N)cccc1F. The highest BCUT2D eigenvalue weighted by Crippen LogP contribution is 2.21. The molecule has 0 fully saturated rings. The molecule has 0 aliphatic rings. The molecule has 0 heterocycles. The zero-order valence-corrected chi connectivity index (χ0v) is 11.5. The van der Waals surface area contributed by atoms with Gasteiger partial charge in [0.05, 0.1) is 5.69 Å². The summed E-state index contributed by atoms with van der Waals surface area (Å²) in [6.45, 7) is 2.21. The van der Waals surface area contributed by atoms with Crippen molar-refractivity contribution < 1.29 is 12.8 Å². The summed E-state index contributed by atoms with van der Waals surface area (Å²) in [5.41, 5.74) is 5.42. The Morgan fingerprint density at radius 1 is 1.44 bits per heavy atom. The number of anilines is 1. The number of nitrogens with two attached hydrogens (primary N) is 1. The second-order valence-corrected chi connectivity index (χ2v) is 6.09. The van der Waals surface area contributed by atoms with Crippen molar-refractivity contribution in [3.8, 4) is 0 Å². The molecule has 102 valence electrons. The Kier molecular flexibility index (Phi) is 4.66. The highest BCUT2D eigenvalue weighted by Gasteiger charge is 2.24. The molecule has 0 saturated heterocycles. The van der Waals surface area contributed by atoms with Crippen LogP contribution in [0.15, 0.2) is 23.1 Å². The maximum Gasteiger partial charge on any atom is 0.245 e. The van der Waals surface area contributed by atoms with Crippen LogP contribution in [0.2, 0.25) is 0 Å². The van der Waals surface area contributed by atoms with Gasteiger partial charge < -0.3 is 10.6 Å². The maximum atomic E-state index is 13.5. The molecule has 0 spiro atoms. The third kappa shape index (κ3) is 3.66. The lowest BCUT2D eigenvalue weighted by molar-refractivity contribution is 0.370. The minimum absolute atomic E-state index is 0.0976. The van der Waals surface area contributed by atoms with E-state index in [-0.39, 0.29) is 11.7 Å². The minimum Gasteiger partial charge on any atom is -0.398 e. The van der Waals surface area contributed by atoms with Crippen molar-refractivity contribution in [2.45, 2.75) is 17.9 Å². The van der Waals surface area contributed by atoms with Crippen LogP contribution in [-0.2, 0) is 10.0 Å². The predicted molar refractivity (Wildman–Crippen MR) is 69.1 cm³/mol. The Bertz CT molecular complexity index is 497. The van der Waals surface area contributed by atoms with Crippen molar-refractivity contribution in [1.82, 2.24) is 9.62 Å². The summed E-state index contributed by atoms with van der Waals surface area (Å²) in [7, 11) is -0.300. The Hall–Kier alpha value is -1.18. The van der Waals surface area contributed by atoms with Gasteiger partial charge in [-0.1, -0.05) is 6.07 Å². The fourth-order valence-corrected chi connectivity index (χ4v) is 3.14. The summed E-state index contributed by atoms with van der Waals surface area (Å²) in [4.78, 5) is 1.34. The van der Waals surface area contributed by atoms with Crippen LogP contribution < -0.4 is 10.5 Å². The van der Waals surface area contributed by atoms with Crippen LogP contribution in [-0.4, -0.2) is 40.0 Å². The Labute approximate surface area is 107 Å². The van der Waals surface area contributed by atoms with E-state index < -0.39 is 20.7 Å². The summed E-state index contributed by atoms with van der Waals surface area (Å²) < 4.78 is 40.0. The number of rotatable bonds is 5. The Morgan fingerprint density at radius 2 is 2.06 bits per heavy atom. The molecule has 18 heavy (non-hydrogen) atoms. The molecule has 0 bridgehead atoms. The summed E-state index contributed by atoms with van der Waals surface area (Å²) in [6, 6.07) is 3.45. The fraction of sp³-hybridized carbons (Fsp3) is 0.455. The molecule has 5 nitrogen and oxygen atoms in total. The van der Waals surface area contributed by atoms with Gasteiger partial charge in [0.25, 0.3) is 0 Å². The average Bonchev–Trinajstić information content (AvgIpc) is 2.13. The van der Waals surface area contributed by atoms with Crippen LogP contribution in [0.25, 0.3) is 0 Å². The standard InChI is InChI=1S/C11H18FN3O2S/c1-8(7-15(2)3)14-18(16,17)11-9(12)5-4-6-10(11)13/h4-6,8,14H,7,13H2,1-3H3. The zero-order chi connectivity index (χ0) is 13.9. The summed E-state index contributed by atoms with van der Waals surface area (Å²) >= 11 is 0. The molecular formula is C11H18FN3O2S. The predicted octanol–water partition coefficient (Wildman–Crippen LogP) is 0.636. The van der Waals surface area contributed by atoms with Gasteiger partial charge in [-0.05, 0) is 33.2 Å². The van der Waals surface area contributed by atoms with Crippen LogP contribution >= 0.6 is 0 Å². The van der Waals surface area contributed by atoms with E-state index in [9.17, 15) is 12.8 Å². The Morgan fingerprint density at radius 3 is 2.56 bits per heavy atom. The number of benzene rings is 1. The normalized spacial score (nSPS) is 13.8. The van der Waals surface area contributed by atoms with Crippen molar-refractivity contribution in [2.24, 2.45) is 0 Å². The van der Waals surface area contributed by atoms with E-state index in [0.29, 0.717) is 6.54 Å². The highest BCUT2D eigenvalue weighted by molar-refractivity contribution is 7.89. The van der Waals surface area contributed by atoms with E-state index in [1.54, 1.807) is 6.92 Å². The molecule has 7 heteroatoms. The van der Waals surface area contributed by atoms with Gasteiger partial charge >= 0.3 is 0 Å². The first kappa shape index (κ1) is 14.9. The lowest BCUT2D eigenvalue weighted by Gasteiger charge is -2.19. The minimum atomic E-state index is -3.94. The molecule has 0 radical (unpaired) electrons. The van der Waals surface area contributed by atoms with Crippen molar-refractivity contribution in [2.75, 3.05) is 26.4 Å². The monoisotopic (exact) mass is 275 g/mol. The quantitative estimate of drug-likeness (QED) is 0.773.